The number of rotatable bonds is 1. The average molecular weight is 232 g/mol. The molecule has 0 bridgehead atoms. The van der Waals surface area contributed by atoms with Crippen molar-refractivity contribution >= 4 is 11.0 Å². The molecule has 0 unspecified atom stereocenters. The van der Waals surface area contributed by atoms with E-state index in [1.807, 2.05) is 18.2 Å². The van der Waals surface area contributed by atoms with Gasteiger partial charge >= 0.3 is 0 Å². The molecule has 4 heteroatoms. The van der Waals surface area contributed by atoms with Gasteiger partial charge in [-0.25, -0.2) is 4.98 Å². The Bertz CT molecular complexity index is 745. The van der Waals surface area contributed by atoms with Gasteiger partial charge in [0.1, 0.15) is 0 Å². The molecule has 0 aliphatic carbocycles. The smallest absolute Gasteiger partial charge is 0.0992 e. The van der Waals surface area contributed by atoms with Crippen LogP contribution in [0.15, 0.2) is 48.9 Å². The molecule has 0 aliphatic heterocycles. The molecule has 0 atom stereocenters. The largest absolute Gasteiger partial charge is 0.265 e. The van der Waals surface area contributed by atoms with Gasteiger partial charge in [0, 0.05) is 18.0 Å². The van der Waals surface area contributed by atoms with E-state index in [9.17, 15) is 0 Å². The van der Waals surface area contributed by atoms with Crippen molar-refractivity contribution in [2.24, 2.45) is 0 Å². The van der Waals surface area contributed by atoms with Crippen LogP contribution >= 0.6 is 0 Å². The number of nitriles is 1. The Balaban J connectivity index is 2.16. The van der Waals surface area contributed by atoms with Gasteiger partial charge < -0.3 is 0 Å². The minimum atomic E-state index is 0.591. The maximum atomic E-state index is 8.82. The minimum Gasteiger partial charge on any atom is -0.265 e. The van der Waals surface area contributed by atoms with Crippen molar-refractivity contribution in [3.63, 3.8) is 0 Å². The Morgan fingerprint density at radius 1 is 1.00 bits per heavy atom. The van der Waals surface area contributed by atoms with Crippen LogP contribution < -0.4 is 0 Å². The lowest BCUT2D eigenvalue weighted by Gasteiger charge is -2.02. The number of aromatic nitrogens is 3. The Labute approximate surface area is 104 Å². The summed E-state index contributed by atoms with van der Waals surface area (Å²) in [6, 6.07) is 11.2. The first-order valence-corrected chi connectivity index (χ1v) is 5.44. The Hall–Kier alpha value is -2.80. The van der Waals surface area contributed by atoms with E-state index in [2.05, 4.69) is 21.0 Å². The SMILES string of the molecule is N#Cc1ccc2nc(-c3ccncc3)cnc2c1. The molecule has 4 nitrogen and oxygen atoms in total. The first-order chi connectivity index (χ1) is 8.86. The van der Waals surface area contributed by atoms with Gasteiger partial charge in [-0.05, 0) is 30.3 Å². The molecule has 18 heavy (non-hydrogen) atoms. The summed E-state index contributed by atoms with van der Waals surface area (Å²) < 4.78 is 0. The van der Waals surface area contributed by atoms with E-state index in [0.29, 0.717) is 5.56 Å². The Kier molecular flexibility index (Phi) is 2.43. The summed E-state index contributed by atoms with van der Waals surface area (Å²) in [7, 11) is 0. The van der Waals surface area contributed by atoms with Crippen molar-refractivity contribution < 1.29 is 0 Å². The Morgan fingerprint density at radius 3 is 2.61 bits per heavy atom. The number of benzene rings is 1. The predicted octanol–water partition coefficient (Wildman–Crippen LogP) is 2.56. The molecule has 0 radical (unpaired) electrons. The zero-order valence-corrected chi connectivity index (χ0v) is 9.41. The first-order valence-electron chi connectivity index (χ1n) is 5.44. The van der Waals surface area contributed by atoms with Crippen molar-refractivity contribution in [2.45, 2.75) is 0 Å². The topological polar surface area (TPSA) is 62.5 Å². The second kappa shape index (κ2) is 4.22. The molecule has 3 aromatic rings. The molecule has 0 N–H and O–H groups in total. The van der Waals surface area contributed by atoms with Gasteiger partial charge in [-0.15, -0.1) is 0 Å². The number of pyridine rings is 1. The van der Waals surface area contributed by atoms with E-state index < -0.39 is 0 Å². The number of fused-ring (bicyclic) bond motifs is 1. The molecular formula is C14H8N4. The Morgan fingerprint density at radius 2 is 1.83 bits per heavy atom. The zero-order valence-electron chi connectivity index (χ0n) is 9.41. The lowest BCUT2D eigenvalue weighted by molar-refractivity contribution is 1.27. The van der Waals surface area contributed by atoms with Gasteiger partial charge in [-0.2, -0.15) is 5.26 Å². The molecule has 3 rings (SSSR count). The molecule has 0 fully saturated rings. The summed E-state index contributed by atoms with van der Waals surface area (Å²) >= 11 is 0. The minimum absolute atomic E-state index is 0.591. The van der Waals surface area contributed by atoms with Crippen molar-refractivity contribution in [1.82, 2.24) is 15.0 Å². The monoisotopic (exact) mass is 232 g/mol. The van der Waals surface area contributed by atoms with E-state index in [1.165, 1.54) is 0 Å². The summed E-state index contributed by atoms with van der Waals surface area (Å²) in [5.41, 5.74) is 3.88. The fourth-order valence-electron chi connectivity index (χ4n) is 1.74. The van der Waals surface area contributed by atoms with Crippen LogP contribution in [0.3, 0.4) is 0 Å². The predicted molar refractivity (Wildman–Crippen MR) is 67.5 cm³/mol. The van der Waals surface area contributed by atoms with Crippen molar-refractivity contribution in [2.75, 3.05) is 0 Å². The molecule has 2 heterocycles. The summed E-state index contributed by atoms with van der Waals surface area (Å²) in [5, 5.41) is 8.82. The highest BCUT2D eigenvalue weighted by Crippen LogP contribution is 2.18. The van der Waals surface area contributed by atoms with Gasteiger partial charge in [-0.1, -0.05) is 0 Å². The highest BCUT2D eigenvalue weighted by Gasteiger charge is 2.03. The summed E-state index contributed by atoms with van der Waals surface area (Å²) in [4.78, 5) is 12.8. The van der Waals surface area contributed by atoms with Crippen molar-refractivity contribution in [3.05, 3.63) is 54.5 Å². The van der Waals surface area contributed by atoms with Crippen LogP contribution in [0.4, 0.5) is 0 Å². The van der Waals surface area contributed by atoms with Gasteiger partial charge in [0.2, 0.25) is 0 Å². The molecular weight excluding hydrogens is 224 g/mol. The van der Waals surface area contributed by atoms with Crippen molar-refractivity contribution in [1.29, 1.82) is 5.26 Å². The second-order valence-corrected chi connectivity index (χ2v) is 3.81. The van der Waals surface area contributed by atoms with Gasteiger partial charge in [-0.3, -0.25) is 9.97 Å². The van der Waals surface area contributed by atoms with Crippen LogP contribution in [0, 0.1) is 11.3 Å². The molecule has 0 amide bonds. The summed E-state index contributed by atoms with van der Waals surface area (Å²) in [5.74, 6) is 0. The van der Waals surface area contributed by atoms with Crippen LogP contribution in [0.2, 0.25) is 0 Å². The van der Waals surface area contributed by atoms with Crippen LogP contribution in [-0.4, -0.2) is 15.0 Å². The van der Waals surface area contributed by atoms with Crippen LogP contribution in [0.25, 0.3) is 22.3 Å². The lowest BCUT2D eigenvalue weighted by atomic mass is 10.2. The first kappa shape index (κ1) is 10.4. The van der Waals surface area contributed by atoms with Crippen LogP contribution in [-0.2, 0) is 0 Å². The van der Waals surface area contributed by atoms with Crippen LogP contribution in [0.5, 0.6) is 0 Å². The van der Waals surface area contributed by atoms with E-state index in [-0.39, 0.29) is 0 Å². The average Bonchev–Trinajstić information content (AvgIpc) is 2.47. The van der Waals surface area contributed by atoms with E-state index in [4.69, 9.17) is 5.26 Å². The third-order valence-corrected chi connectivity index (χ3v) is 2.65. The lowest BCUT2D eigenvalue weighted by Crippen LogP contribution is -1.89. The quantitative estimate of drug-likeness (QED) is 0.646. The maximum Gasteiger partial charge on any atom is 0.0992 e. The fourth-order valence-corrected chi connectivity index (χ4v) is 1.74. The van der Waals surface area contributed by atoms with Gasteiger partial charge in [0.05, 0.1) is 34.6 Å². The highest BCUT2D eigenvalue weighted by molar-refractivity contribution is 5.78. The third-order valence-electron chi connectivity index (χ3n) is 2.65. The molecule has 0 saturated carbocycles. The summed E-state index contributed by atoms with van der Waals surface area (Å²) in [6.07, 6.45) is 5.15. The number of nitrogens with zero attached hydrogens (tertiary/aromatic N) is 4. The highest BCUT2D eigenvalue weighted by atomic mass is 14.8. The van der Waals surface area contributed by atoms with E-state index in [0.717, 1.165) is 22.3 Å². The molecule has 1 aromatic carbocycles. The molecule has 84 valence electrons. The van der Waals surface area contributed by atoms with E-state index in [1.54, 1.807) is 30.7 Å². The van der Waals surface area contributed by atoms with Crippen LogP contribution in [0.1, 0.15) is 5.56 Å². The standard InChI is InChI=1S/C14H8N4/c15-8-10-1-2-12-13(7-10)17-9-14(18-12)11-3-5-16-6-4-11/h1-7,9H. The fraction of sp³-hybridized carbons (Fsp3) is 0. The molecule has 0 saturated heterocycles. The number of hydrogen-bond donors (Lipinski definition) is 0. The van der Waals surface area contributed by atoms with Crippen molar-refractivity contribution in [3.8, 4) is 17.3 Å². The zero-order chi connectivity index (χ0) is 12.4. The maximum absolute atomic E-state index is 8.82. The molecule has 0 aliphatic rings. The third kappa shape index (κ3) is 1.78. The normalized spacial score (nSPS) is 10.2. The van der Waals surface area contributed by atoms with E-state index >= 15 is 0 Å². The molecule has 0 spiro atoms. The second-order valence-electron chi connectivity index (χ2n) is 3.81. The summed E-state index contributed by atoms with van der Waals surface area (Å²) in [6.45, 7) is 0. The van der Waals surface area contributed by atoms with Gasteiger partial charge in [0.15, 0.2) is 0 Å². The molecule has 2 aromatic heterocycles. The number of hydrogen-bond acceptors (Lipinski definition) is 4. The van der Waals surface area contributed by atoms with Gasteiger partial charge in [0.25, 0.3) is 0 Å².